The number of hydrogen-bond donors (Lipinski definition) is 0. The van der Waals surface area contributed by atoms with E-state index in [1.165, 1.54) is 207 Å². The summed E-state index contributed by atoms with van der Waals surface area (Å²) in [6.45, 7) is 0. The number of benzene rings is 21. The molecular weight excluding hydrogens is 1980 g/mol. The number of furan rings is 1. The molecule has 15 aromatic heterocycles. The second-order valence-corrected chi connectivity index (χ2v) is 47.0. The van der Waals surface area contributed by atoms with Gasteiger partial charge in [-0.15, -0.1) is 90.7 Å². The fourth-order valence-electron chi connectivity index (χ4n) is 24.4. The van der Waals surface area contributed by atoms with Gasteiger partial charge in [-0.2, -0.15) is 0 Å². The van der Waals surface area contributed by atoms with Crippen molar-refractivity contribution in [3.63, 3.8) is 0 Å². The fraction of sp³-hybridized carbons (Fsp3) is 0. The summed E-state index contributed by atoms with van der Waals surface area (Å²) < 4.78 is 29.8. The monoisotopic (exact) mass is 2050 g/mol. The largest absolute Gasteiger partial charge is 0.456 e. The SMILES string of the molecule is c1ccc2c(c1)oc1ccc(-c3nc(-n4c5ccccc5c5c6ccccc6c6sc7ccccc7c6c54)nc4sc5ccccc5c34)cc12.c1ccc2c(c1)sc1c(-c3nc(-n4c5ccccc5c5c6ccccc6c6sc7ccccc7c6c54)nc4sc5ccccc5c34)cccc12.c1ccc2c(c1)sc1ccc(-c3nc(-n4c5ccccc5c5c6ccccc6c6sc7ccccc7c6c54)nc4sc5ccccc5c34)cc12. The van der Waals surface area contributed by atoms with Crippen LogP contribution in [0.15, 0.2) is 423 Å². The van der Waals surface area contributed by atoms with E-state index < -0.39 is 0 Å². The molecule has 10 nitrogen and oxygen atoms in total. The molecule has 150 heavy (non-hydrogen) atoms. The highest BCUT2D eigenvalue weighted by atomic mass is 32.1. The molecule has 21 aromatic carbocycles. The molecule has 0 aliphatic heterocycles. The molecule has 0 aliphatic carbocycles. The Morgan fingerprint density at radius 2 is 0.440 bits per heavy atom. The molecule has 0 amide bonds. The summed E-state index contributed by atoms with van der Waals surface area (Å²) in [4.78, 5) is 36.3. The van der Waals surface area contributed by atoms with Crippen molar-refractivity contribution in [1.29, 1.82) is 0 Å². The van der Waals surface area contributed by atoms with Crippen molar-refractivity contribution in [1.82, 2.24) is 43.6 Å². The topological polar surface area (TPSA) is 105 Å². The maximum atomic E-state index is 6.23. The van der Waals surface area contributed by atoms with Gasteiger partial charge in [-0.3, -0.25) is 13.7 Å². The van der Waals surface area contributed by atoms with Gasteiger partial charge < -0.3 is 4.42 Å². The summed E-state index contributed by atoms with van der Waals surface area (Å²) in [6, 6.07) is 151. The molecule has 0 aliphatic rings. The maximum Gasteiger partial charge on any atom is 0.236 e. The molecule has 36 aromatic rings. The molecule has 696 valence electrons. The van der Waals surface area contributed by atoms with E-state index in [0.717, 1.165) is 108 Å². The van der Waals surface area contributed by atoms with E-state index in [1.807, 2.05) is 68.8 Å². The van der Waals surface area contributed by atoms with E-state index in [4.69, 9.17) is 34.3 Å². The average molecular weight is 2050 g/mol. The van der Waals surface area contributed by atoms with Gasteiger partial charge in [0.25, 0.3) is 0 Å². The molecule has 0 saturated heterocycles. The lowest BCUT2D eigenvalue weighted by Gasteiger charge is -2.12. The van der Waals surface area contributed by atoms with Gasteiger partial charge in [0.1, 0.15) is 25.7 Å². The van der Waals surface area contributed by atoms with Crippen LogP contribution in [0.5, 0.6) is 0 Å². The van der Waals surface area contributed by atoms with E-state index in [9.17, 15) is 0 Å². The first-order valence-electron chi connectivity index (χ1n) is 50.0. The Bertz CT molecular complexity index is 11900. The van der Waals surface area contributed by atoms with Crippen LogP contribution in [0.2, 0.25) is 0 Å². The van der Waals surface area contributed by atoms with Gasteiger partial charge >= 0.3 is 0 Å². The van der Waals surface area contributed by atoms with Crippen LogP contribution >= 0.6 is 90.7 Å². The highest BCUT2D eigenvalue weighted by Gasteiger charge is 2.32. The molecule has 18 heteroatoms. The van der Waals surface area contributed by atoms with Crippen LogP contribution in [0.4, 0.5) is 0 Å². The van der Waals surface area contributed by atoms with Crippen LogP contribution in [-0.4, -0.2) is 43.6 Å². The summed E-state index contributed by atoms with van der Waals surface area (Å²) >= 11 is 14.6. The number of fused-ring (bicyclic) bond motifs is 48. The minimum Gasteiger partial charge on any atom is -0.456 e. The summed E-state index contributed by atoms with van der Waals surface area (Å²) in [7, 11) is 0. The minimum absolute atomic E-state index is 0.675. The van der Waals surface area contributed by atoms with Crippen molar-refractivity contribution < 1.29 is 4.42 Å². The van der Waals surface area contributed by atoms with Crippen LogP contribution in [0.25, 0.3) is 333 Å². The van der Waals surface area contributed by atoms with E-state index in [1.54, 1.807) is 34.0 Å². The third-order valence-corrected chi connectivity index (χ3v) is 39.9. The lowest BCUT2D eigenvalue weighted by atomic mass is 10.00. The number of rotatable bonds is 6. The summed E-state index contributed by atoms with van der Waals surface area (Å²) in [6.07, 6.45) is 0. The lowest BCUT2D eigenvalue weighted by molar-refractivity contribution is 0.669. The zero-order valence-electron chi connectivity index (χ0n) is 79.0. The first-order chi connectivity index (χ1) is 74.4. The van der Waals surface area contributed by atoms with E-state index >= 15 is 0 Å². The predicted octanol–water partition coefficient (Wildman–Crippen LogP) is 40.0. The summed E-state index contributed by atoms with van der Waals surface area (Å²) in [5, 5.41) is 36.8. The Labute approximate surface area is 882 Å². The predicted molar refractivity (Wildman–Crippen MR) is 648 cm³/mol. The standard InChI is InChI=1S/C44H23N3OS2.2C44H23N3S3/c1-2-13-27-26(12-1)37-28-14-3-7-17-32(28)47(41(37)39-30-16-6-9-19-35(30)49-42(27)39)44-45-40(38-29-15-5-10-20-36(29)50-43(38)46-44)24-21-22-34-31(23-24)25-11-4-8-18-33(25)48-34;1-2-14-27-25(13-1)36-28-15-3-7-20-32(28)47(40(36)38-30-17-6-9-22-34(30)49-42(27)38)44-45-39(37-29-16-5-10-23-35(29)50-43(37)46-44)31-19-11-18-26-24-12-4-8-21-33(24)48-41(26)31;1-2-13-27-26(12-1)37-28-14-3-7-17-32(28)47(41(37)39-30-16-6-9-19-34(30)49-42(27)39)44-45-40(38-29-15-5-10-20-35(29)50-43(38)46-44)24-21-22-36-31(23-24)25-11-4-8-18-33(25)48-36/h3*1-23H. The zero-order valence-corrected chi connectivity index (χ0v) is 85.6. The third kappa shape index (κ3) is 12.0. The molecule has 0 radical (unpaired) electrons. The number of aromatic nitrogens is 9. The molecular formula is C132H69N9OS8. The van der Waals surface area contributed by atoms with Crippen molar-refractivity contribution in [2.24, 2.45) is 0 Å². The van der Waals surface area contributed by atoms with Crippen molar-refractivity contribution >= 4 is 372 Å². The van der Waals surface area contributed by atoms with Crippen molar-refractivity contribution in [2.75, 3.05) is 0 Å². The summed E-state index contributed by atoms with van der Waals surface area (Å²) in [5.41, 5.74) is 14.7. The van der Waals surface area contributed by atoms with Crippen LogP contribution in [0.1, 0.15) is 0 Å². The Morgan fingerprint density at radius 3 is 0.860 bits per heavy atom. The number of para-hydroxylation sites is 4. The fourth-order valence-corrected chi connectivity index (χ4v) is 33.7. The molecule has 0 unspecified atom stereocenters. The average Bonchev–Trinajstić information content (AvgIpc) is 1.54. The van der Waals surface area contributed by atoms with Gasteiger partial charge in [-0.25, -0.2) is 29.9 Å². The first kappa shape index (κ1) is 83.7. The Balaban J connectivity index is 0.0000000957. The molecule has 15 heterocycles. The van der Waals surface area contributed by atoms with Crippen LogP contribution < -0.4 is 0 Å². The molecule has 0 atom stereocenters. The number of nitrogens with zero attached hydrogens (tertiary/aromatic N) is 9. The normalized spacial score (nSPS) is 12.4. The first-order valence-corrected chi connectivity index (χ1v) is 56.5. The molecule has 0 spiro atoms. The third-order valence-electron chi connectivity index (χ3n) is 30.7. The number of hydrogen-bond acceptors (Lipinski definition) is 15. The lowest BCUT2D eigenvalue weighted by Crippen LogP contribution is -2.03. The second-order valence-electron chi connectivity index (χ2n) is 38.6. The van der Waals surface area contributed by atoms with Crippen LogP contribution in [0, 0.1) is 0 Å². The Morgan fingerprint density at radius 1 is 0.167 bits per heavy atom. The summed E-state index contributed by atoms with van der Waals surface area (Å²) in [5.74, 6) is 2.08. The van der Waals surface area contributed by atoms with E-state index in [0.29, 0.717) is 17.8 Å². The van der Waals surface area contributed by atoms with E-state index in [2.05, 4.69) is 420 Å². The molecule has 0 N–H and O–H groups in total. The van der Waals surface area contributed by atoms with E-state index in [-0.39, 0.29) is 0 Å². The zero-order chi connectivity index (χ0) is 97.5. The second kappa shape index (κ2) is 32.1. The highest BCUT2D eigenvalue weighted by Crippen LogP contribution is 2.56. The van der Waals surface area contributed by atoms with Gasteiger partial charge in [0, 0.05) is 223 Å². The van der Waals surface area contributed by atoms with Gasteiger partial charge in [-0.1, -0.05) is 315 Å². The maximum absolute atomic E-state index is 6.23. The number of thiophene rings is 8. The molecule has 0 saturated carbocycles. The Kier molecular flexibility index (Phi) is 17.9. The smallest absolute Gasteiger partial charge is 0.236 e. The van der Waals surface area contributed by atoms with Crippen molar-refractivity contribution in [3.8, 4) is 51.6 Å². The Hall–Kier alpha value is -17.4. The van der Waals surface area contributed by atoms with Gasteiger partial charge in [-0.05, 0) is 119 Å². The van der Waals surface area contributed by atoms with Crippen molar-refractivity contribution in [3.05, 3.63) is 419 Å². The molecule has 0 bridgehead atoms. The quantitative estimate of drug-likeness (QED) is 0.163. The van der Waals surface area contributed by atoms with Crippen molar-refractivity contribution in [2.45, 2.75) is 0 Å². The highest BCUT2D eigenvalue weighted by molar-refractivity contribution is 7.29. The van der Waals surface area contributed by atoms with Crippen LogP contribution in [0.3, 0.4) is 0 Å². The van der Waals surface area contributed by atoms with Crippen LogP contribution in [-0.2, 0) is 0 Å². The van der Waals surface area contributed by atoms with Gasteiger partial charge in [0.2, 0.25) is 17.8 Å². The van der Waals surface area contributed by atoms with Gasteiger partial charge in [0.15, 0.2) is 0 Å². The molecule has 36 rings (SSSR count). The minimum atomic E-state index is 0.675. The van der Waals surface area contributed by atoms with Gasteiger partial charge in [0.05, 0.1) is 50.2 Å². The molecule has 0 fully saturated rings.